The van der Waals surface area contributed by atoms with Gasteiger partial charge < -0.3 is 10.6 Å². The van der Waals surface area contributed by atoms with Crippen LogP contribution in [0, 0.1) is 0 Å². The average molecular weight is 178 g/mol. The predicted molar refractivity (Wildman–Crippen MR) is 58.3 cm³/mol. The molecule has 0 heterocycles. The number of benzene rings is 1. The van der Waals surface area contributed by atoms with E-state index in [4.69, 9.17) is 0 Å². The van der Waals surface area contributed by atoms with Crippen molar-refractivity contribution in [3.8, 4) is 0 Å². The Morgan fingerprint density at radius 3 is 2.69 bits per heavy atom. The number of rotatable bonds is 4. The molecular weight excluding hydrogens is 160 g/mol. The lowest BCUT2D eigenvalue weighted by Gasteiger charge is -2.12. The van der Waals surface area contributed by atoms with Crippen molar-refractivity contribution in [2.75, 3.05) is 26.0 Å². The highest BCUT2D eigenvalue weighted by molar-refractivity contribution is 5.45. The monoisotopic (exact) mass is 178 g/mol. The molecular formula is C11H18N2. The maximum Gasteiger partial charge on any atom is 0.0340 e. The van der Waals surface area contributed by atoms with Gasteiger partial charge in [-0.3, -0.25) is 0 Å². The van der Waals surface area contributed by atoms with Crippen LogP contribution in [0.1, 0.15) is 18.4 Å². The van der Waals surface area contributed by atoms with Crippen molar-refractivity contribution in [2.24, 2.45) is 0 Å². The highest BCUT2D eigenvalue weighted by atomic mass is 14.8. The maximum absolute atomic E-state index is 3.18. The fourth-order valence-electron chi connectivity index (χ4n) is 1.42. The van der Waals surface area contributed by atoms with Crippen LogP contribution in [0.15, 0.2) is 24.3 Å². The summed E-state index contributed by atoms with van der Waals surface area (Å²) >= 11 is 0. The summed E-state index contributed by atoms with van der Waals surface area (Å²) < 4.78 is 0. The van der Waals surface area contributed by atoms with Crippen LogP contribution in [0.25, 0.3) is 0 Å². The molecule has 2 nitrogen and oxygen atoms in total. The molecule has 1 atom stereocenters. The van der Waals surface area contributed by atoms with Crippen molar-refractivity contribution in [1.29, 1.82) is 0 Å². The maximum atomic E-state index is 3.18. The standard InChI is InChI=1S/C11H18N2/c1-9(8-12-2)10-5-4-6-11(7-10)13-3/h4-7,9,12-13H,8H2,1-3H3. The zero-order chi connectivity index (χ0) is 9.68. The van der Waals surface area contributed by atoms with Gasteiger partial charge in [0.2, 0.25) is 0 Å². The van der Waals surface area contributed by atoms with Crippen LogP contribution in [0.3, 0.4) is 0 Å². The SMILES string of the molecule is CNCC(C)c1cccc(NC)c1. The fraction of sp³-hybridized carbons (Fsp3) is 0.455. The topological polar surface area (TPSA) is 24.1 Å². The number of nitrogens with one attached hydrogen (secondary N) is 2. The third kappa shape index (κ3) is 2.74. The summed E-state index contributed by atoms with van der Waals surface area (Å²) in [6.45, 7) is 3.25. The Labute approximate surface area is 80.4 Å². The molecule has 0 radical (unpaired) electrons. The van der Waals surface area contributed by atoms with Crippen molar-refractivity contribution >= 4 is 5.69 Å². The van der Waals surface area contributed by atoms with Gasteiger partial charge in [-0.2, -0.15) is 0 Å². The van der Waals surface area contributed by atoms with E-state index in [0.717, 1.165) is 6.54 Å². The zero-order valence-electron chi connectivity index (χ0n) is 8.59. The summed E-state index contributed by atoms with van der Waals surface area (Å²) in [6, 6.07) is 8.54. The van der Waals surface area contributed by atoms with Gasteiger partial charge in [0.15, 0.2) is 0 Å². The van der Waals surface area contributed by atoms with Gasteiger partial charge >= 0.3 is 0 Å². The highest BCUT2D eigenvalue weighted by Gasteiger charge is 2.03. The van der Waals surface area contributed by atoms with Gasteiger partial charge in [-0.1, -0.05) is 19.1 Å². The molecule has 0 aliphatic heterocycles. The van der Waals surface area contributed by atoms with Crippen molar-refractivity contribution < 1.29 is 0 Å². The van der Waals surface area contributed by atoms with Crippen LogP contribution < -0.4 is 10.6 Å². The summed E-state index contributed by atoms with van der Waals surface area (Å²) in [5.74, 6) is 0.568. The molecule has 0 aliphatic rings. The molecule has 1 unspecified atom stereocenters. The third-order valence-corrected chi connectivity index (χ3v) is 2.25. The lowest BCUT2D eigenvalue weighted by Crippen LogP contribution is -2.14. The second kappa shape index (κ2) is 4.87. The Hall–Kier alpha value is -1.02. The van der Waals surface area contributed by atoms with Gasteiger partial charge in [-0.25, -0.2) is 0 Å². The summed E-state index contributed by atoms with van der Waals surface area (Å²) in [7, 11) is 3.93. The average Bonchev–Trinajstić information content (AvgIpc) is 2.18. The summed E-state index contributed by atoms with van der Waals surface area (Å²) in [5.41, 5.74) is 2.56. The Balaban J connectivity index is 2.75. The first kappa shape index (κ1) is 10.1. The first-order chi connectivity index (χ1) is 6.27. The lowest BCUT2D eigenvalue weighted by atomic mass is 10.0. The van der Waals surface area contributed by atoms with Gasteiger partial charge in [0.25, 0.3) is 0 Å². The van der Waals surface area contributed by atoms with E-state index in [1.165, 1.54) is 11.3 Å². The largest absolute Gasteiger partial charge is 0.388 e. The van der Waals surface area contributed by atoms with Gasteiger partial charge in [0.05, 0.1) is 0 Å². The third-order valence-electron chi connectivity index (χ3n) is 2.25. The van der Waals surface area contributed by atoms with Crippen molar-refractivity contribution in [2.45, 2.75) is 12.8 Å². The van der Waals surface area contributed by atoms with E-state index in [-0.39, 0.29) is 0 Å². The Kier molecular flexibility index (Phi) is 3.77. The Bertz CT molecular complexity index is 258. The molecule has 2 heteroatoms. The summed E-state index contributed by atoms with van der Waals surface area (Å²) in [5, 5.41) is 6.33. The smallest absolute Gasteiger partial charge is 0.0340 e. The minimum atomic E-state index is 0.568. The van der Waals surface area contributed by atoms with E-state index < -0.39 is 0 Å². The van der Waals surface area contributed by atoms with E-state index in [1.807, 2.05) is 14.1 Å². The normalized spacial score (nSPS) is 12.5. The van der Waals surface area contributed by atoms with Crippen LogP contribution in [-0.2, 0) is 0 Å². The molecule has 0 fully saturated rings. The number of hydrogen-bond donors (Lipinski definition) is 2. The van der Waals surface area contributed by atoms with Gasteiger partial charge in [0, 0.05) is 19.3 Å². The Morgan fingerprint density at radius 1 is 1.31 bits per heavy atom. The van der Waals surface area contributed by atoms with E-state index in [1.54, 1.807) is 0 Å². The molecule has 72 valence electrons. The molecule has 0 amide bonds. The summed E-state index contributed by atoms with van der Waals surface area (Å²) in [6.07, 6.45) is 0. The van der Waals surface area contributed by atoms with E-state index in [9.17, 15) is 0 Å². The van der Waals surface area contributed by atoms with Gasteiger partial charge in [-0.15, -0.1) is 0 Å². The number of hydrogen-bond acceptors (Lipinski definition) is 2. The minimum absolute atomic E-state index is 0.568. The van der Waals surface area contributed by atoms with Crippen molar-refractivity contribution in [3.05, 3.63) is 29.8 Å². The molecule has 1 aromatic carbocycles. The second-order valence-corrected chi connectivity index (χ2v) is 3.33. The number of anilines is 1. The molecule has 0 saturated heterocycles. The van der Waals surface area contributed by atoms with Crippen molar-refractivity contribution in [3.63, 3.8) is 0 Å². The van der Waals surface area contributed by atoms with Crippen LogP contribution in [-0.4, -0.2) is 20.6 Å². The molecule has 0 saturated carbocycles. The van der Waals surface area contributed by atoms with Crippen LogP contribution in [0.2, 0.25) is 0 Å². The van der Waals surface area contributed by atoms with E-state index in [2.05, 4.69) is 41.8 Å². The molecule has 1 rings (SSSR count). The summed E-state index contributed by atoms with van der Waals surface area (Å²) in [4.78, 5) is 0. The minimum Gasteiger partial charge on any atom is -0.388 e. The first-order valence-corrected chi connectivity index (χ1v) is 4.70. The van der Waals surface area contributed by atoms with Crippen LogP contribution in [0.5, 0.6) is 0 Å². The molecule has 0 bridgehead atoms. The molecule has 0 spiro atoms. The Morgan fingerprint density at radius 2 is 2.08 bits per heavy atom. The zero-order valence-corrected chi connectivity index (χ0v) is 8.59. The highest BCUT2D eigenvalue weighted by Crippen LogP contribution is 2.17. The molecule has 0 aromatic heterocycles. The van der Waals surface area contributed by atoms with E-state index in [0.29, 0.717) is 5.92 Å². The molecule has 2 N–H and O–H groups in total. The number of likely N-dealkylation sites (N-methyl/N-ethyl adjacent to an activating group) is 1. The fourth-order valence-corrected chi connectivity index (χ4v) is 1.42. The van der Waals surface area contributed by atoms with Crippen molar-refractivity contribution in [1.82, 2.24) is 5.32 Å². The quantitative estimate of drug-likeness (QED) is 0.737. The second-order valence-electron chi connectivity index (χ2n) is 3.33. The molecule has 1 aromatic rings. The predicted octanol–water partition coefficient (Wildman–Crippen LogP) is 2.05. The van der Waals surface area contributed by atoms with Crippen LogP contribution >= 0.6 is 0 Å². The van der Waals surface area contributed by atoms with Crippen LogP contribution in [0.4, 0.5) is 5.69 Å². The molecule has 0 aliphatic carbocycles. The van der Waals surface area contributed by atoms with Gasteiger partial charge in [-0.05, 0) is 30.7 Å². The van der Waals surface area contributed by atoms with Gasteiger partial charge in [0.1, 0.15) is 0 Å². The first-order valence-electron chi connectivity index (χ1n) is 4.70. The lowest BCUT2D eigenvalue weighted by molar-refractivity contribution is 0.678. The molecule has 13 heavy (non-hydrogen) atoms. The van der Waals surface area contributed by atoms with E-state index >= 15 is 0 Å².